The SMILES string of the molecule is CN(CC1CCC1)CC1CCC(CNC(C)(C)C)O1. The van der Waals surface area contributed by atoms with Crippen molar-refractivity contribution in [2.45, 2.75) is 70.6 Å². The molecule has 0 aromatic carbocycles. The Balaban J connectivity index is 1.61. The number of rotatable bonds is 6. The first-order chi connectivity index (χ1) is 8.92. The number of hydrogen-bond donors (Lipinski definition) is 1. The highest BCUT2D eigenvalue weighted by molar-refractivity contribution is 4.81. The van der Waals surface area contributed by atoms with Crippen LogP contribution in [0.3, 0.4) is 0 Å². The van der Waals surface area contributed by atoms with Crippen molar-refractivity contribution >= 4 is 0 Å². The summed E-state index contributed by atoms with van der Waals surface area (Å²) < 4.78 is 6.16. The van der Waals surface area contributed by atoms with E-state index in [0.717, 1.165) is 19.0 Å². The van der Waals surface area contributed by atoms with Crippen molar-refractivity contribution in [2.24, 2.45) is 5.92 Å². The summed E-state index contributed by atoms with van der Waals surface area (Å²) in [6, 6.07) is 0. The average Bonchev–Trinajstić information content (AvgIpc) is 2.68. The molecule has 1 saturated heterocycles. The van der Waals surface area contributed by atoms with Gasteiger partial charge in [0.2, 0.25) is 0 Å². The molecule has 0 radical (unpaired) electrons. The minimum Gasteiger partial charge on any atom is -0.372 e. The van der Waals surface area contributed by atoms with Gasteiger partial charge >= 0.3 is 0 Å². The van der Waals surface area contributed by atoms with E-state index in [1.54, 1.807) is 0 Å². The van der Waals surface area contributed by atoms with Gasteiger partial charge in [-0.25, -0.2) is 0 Å². The number of nitrogens with one attached hydrogen (secondary N) is 1. The van der Waals surface area contributed by atoms with Crippen LogP contribution in [0.25, 0.3) is 0 Å². The van der Waals surface area contributed by atoms with Crippen LogP contribution in [0.2, 0.25) is 0 Å². The second-order valence-corrected chi connectivity index (χ2v) is 7.61. The molecule has 19 heavy (non-hydrogen) atoms. The molecule has 1 heterocycles. The molecule has 2 unspecified atom stereocenters. The fourth-order valence-corrected chi connectivity index (χ4v) is 3.02. The first kappa shape index (κ1) is 15.3. The van der Waals surface area contributed by atoms with Crippen LogP contribution < -0.4 is 5.32 Å². The molecule has 1 aliphatic heterocycles. The van der Waals surface area contributed by atoms with Crippen molar-refractivity contribution in [2.75, 3.05) is 26.7 Å². The Kier molecular flexibility index (Phi) is 5.27. The molecule has 1 aliphatic carbocycles. The molecule has 2 fully saturated rings. The van der Waals surface area contributed by atoms with Gasteiger partial charge in [0.1, 0.15) is 0 Å². The fourth-order valence-electron chi connectivity index (χ4n) is 3.02. The number of ether oxygens (including phenoxy) is 1. The van der Waals surface area contributed by atoms with Crippen LogP contribution in [0.15, 0.2) is 0 Å². The number of nitrogens with zero attached hydrogens (tertiary/aromatic N) is 1. The third-order valence-electron chi connectivity index (χ3n) is 4.37. The largest absolute Gasteiger partial charge is 0.372 e. The molecular weight excluding hydrogens is 236 g/mol. The molecule has 3 nitrogen and oxygen atoms in total. The molecule has 0 aromatic heterocycles. The molecular formula is C16H32N2O. The van der Waals surface area contributed by atoms with Gasteiger partial charge in [0, 0.05) is 25.2 Å². The summed E-state index contributed by atoms with van der Waals surface area (Å²) in [6.45, 7) is 10.0. The van der Waals surface area contributed by atoms with E-state index < -0.39 is 0 Å². The van der Waals surface area contributed by atoms with Gasteiger partial charge in [-0.2, -0.15) is 0 Å². The third-order valence-corrected chi connectivity index (χ3v) is 4.37. The Bertz CT molecular complexity index is 270. The van der Waals surface area contributed by atoms with E-state index in [0.29, 0.717) is 12.2 Å². The normalized spacial score (nSPS) is 28.9. The van der Waals surface area contributed by atoms with Gasteiger partial charge in [-0.15, -0.1) is 0 Å². The number of likely N-dealkylation sites (N-methyl/N-ethyl adjacent to an activating group) is 1. The smallest absolute Gasteiger partial charge is 0.0707 e. The van der Waals surface area contributed by atoms with Gasteiger partial charge in [0.15, 0.2) is 0 Å². The van der Waals surface area contributed by atoms with Crippen LogP contribution in [0.5, 0.6) is 0 Å². The molecule has 0 aromatic rings. The Labute approximate surface area is 119 Å². The quantitative estimate of drug-likeness (QED) is 0.801. The molecule has 1 N–H and O–H groups in total. The summed E-state index contributed by atoms with van der Waals surface area (Å²) in [5.41, 5.74) is 0.197. The van der Waals surface area contributed by atoms with Crippen molar-refractivity contribution in [3.8, 4) is 0 Å². The van der Waals surface area contributed by atoms with Crippen molar-refractivity contribution in [3.63, 3.8) is 0 Å². The highest BCUT2D eigenvalue weighted by Crippen LogP contribution is 2.27. The predicted molar refractivity (Wildman–Crippen MR) is 80.5 cm³/mol. The summed E-state index contributed by atoms with van der Waals surface area (Å²) in [6.07, 6.45) is 7.63. The average molecular weight is 268 g/mol. The van der Waals surface area contributed by atoms with Crippen molar-refractivity contribution in [3.05, 3.63) is 0 Å². The Morgan fingerprint density at radius 2 is 1.74 bits per heavy atom. The topological polar surface area (TPSA) is 24.5 Å². The highest BCUT2D eigenvalue weighted by atomic mass is 16.5. The Morgan fingerprint density at radius 1 is 1.05 bits per heavy atom. The van der Waals surface area contributed by atoms with Crippen LogP contribution >= 0.6 is 0 Å². The minimum absolute atomic E-state index is 0.197. The van der Waals surface area contributed by atoms with Crippen LogP contribution in [0.4, 0.5) is 0 Å². The molecule has 2 aliphatic rings. The molecule has 1 saturated carbocycles. The summed E-state index contributed by atoms with van der Waals surface area (Å²) in [5.74, 6) is 0.963. The van der Waals surface area contributed by atoms with Gasteiger partial charge in [-0.05, 0) is 59.4 Å². The monoisotopic (exact) mass is 268 g/mol. The zero-order valence-electron chi connectivity index (χ0n) is 13.2. The van der Waals surface area contributed by atoms with Gasteiger partial charge in [0.25, 0.3) is 0 Å². The third kappa shape index (κ3) is 5.41. The maximum Gasteiger partial charge on any atom is 0.0707 e. The fraction of sp³-hybridized carbons (Fsp3) is 1.00. The molecule has 2 atom stereocenters. The van der Waals surface area contributed by atoms with E-state index in [1.807, 2.05) is 0 Å². The molecule has 112 valence electrons. The highest BCUT2D eigenvalue weighted by Gasteiger charge is 2.28. The summed E-state index contributed by atoms with van der Waals surface area (Å²) in [5, 5.41) is 3.55. The lowest BCUT2D eigenvalue weighted by Crippen LogP contribution is -2.41. The molecule has 0 bridgehead atoms. The Hall–Kier alpha value is -0.120. The van der Waals surface area contributed by atoms with E-state index >= 15 is 0 Å². The van der Waals surface area contributed by atoms with E-state index in [2.05, 4.69) is 38.0 Å². The second-order valence-electron chi connectivity index (χ2n) is 7.61. The van der Waals surface area contributed by atoms with Crippen LogP contribution in [0.1, 0.15) is 52.9 Å². The summed E-state index contributed by atoms with van der Waals surface area (Å²) in [7, 11) is 2.25. The zero-order valence-corrected chi connectivity index (χ0v) is 13.2. The lowest BCUT2D eigenvalue weighted by molar-refractivity contribution is 0.0209. The minimum atomic E-state index is 0.197. The molecule has 0 spiro atoms. The molecule has 0 amide bonds. The van der Waals surface area contributed by atoms with E-state index in [1.165, 1.54) is 38.6 Å². The lowest BCUT2D eigenvalue weighted by Gasteiger charge is -2.31. The van der Waals surface area contributed by atoms with Gasteiger partial charge in [-0.3, -0.25) is 0 Å². The van der Waals surface area contributed by atoms with Crippen molar-refractivity contribution in [1.29, 1.82) is 0 Å². The van der Waals surface area contributed by atoms with Gasteiger partial charge in [0.05, 0.1) is 12.2 Å². The maximum absolute atomic E-state index is 6.16. The zero-order chi connectivity index (χ0) is 13.9. The second kappa shape index (κ2) is 6.55. The van der Waals surface area contributed by atoms with Crippen LogP contribution in [-0.2, 0) is 4.74 Å². The van der Waals surface area contributed by atoms with Crippen molar-refractivity contribution in [1.82, 2.24) is 10.2 Å². The van der Waals surface area contributed by atoms with E-state index in [9.17, 15) is 0 Å². The predicted octanol–water partition coefficient (Wildman–Crippen LogP) is 2.65. The van der Waals surface area contributed by atoms with Gasteiger partial charge in [-0.1, -0.05) is 6.42 Å². The first-order valence-electron chi connectivity index (χ1n) is 8.01. The maximum atomic E-state index is 6.16. The van der Waals surface area contributed by atoms with Crippen molar-refractivity contribution < 1.29 is 4.74 Å². The first-order valence-corrected chi connectivity index (χ1v) is 8.01. The lowest BCUT2D eigenvalue weighted by atomic mass is 9.85. The molecule has 2 rings (SSSR count). The summed E-state index contributed by atoms with van der Waals surface area (Å²) in [4.78, 5) is 2.48. The van der Waals surface area contributed by atoms with Gasteiger partial charge < -0.3 is 15.0 Å². The van der Waals surface area contributed by atoms with E-state index in [4.69, 9.17) is 4.74 Å². The summed E-state index contributed by atoms with van der Waals surface area (Å²) >= 11 is 0. The standard InChI is InChI=1S/C16H32N2O/c1-16(2,3)17-10-14-8-9-15(19-14)12-18(4)11-13-6-5-7-13/h13-15,17H,5-12H2,1-4H3. The van der Waals surface area contributed by atoms with Crippen LogP contribution in [0, 0.1) is 5.92 Å². The van der Waals surface area contributed by atoms with E-state index in [-0.39, 0.29) is 5.54 Å². The van der Waals surface area contributed by atoms with Crippen LogP contribution in [-0.4, -0.2) is 49.3 Å². The number of hydrogen-bond acceptors (Lipinski definition) is 3. The molecule has 3 heteroatoms. The Morgan fingerprint density at radius 3 is 2.32 bits per heavy atom.